The SMILES string of the molecule is O=S1(=O)CCn2nc(Cl)c(-c3ccc(Oc4ccccc4)cn3)c2N1. The van der Waals surface area contributed by atoms with Gasteiger partial charge in [-0.3, -0.25) is 9.71 Å². The zero-order chi connectivity index (χ0) is 17.4. The molecule has 3 heterocycles. The van der Waals surface area contributed by atoms with Gasteiger partial charge in [-0.05, 0) is 24.3 Å². The molecule has 0 atom stereocenters. The van der Waals surface area contributed by atoms with Crippen molar-refractivity contribution >= 4 is 27.4 Å². The highest BCUT2D eigenvalue weighted by Gasteiger charge is 2.27. The van der Waals surface area contributed by atoms with Crippen LogP contribution in [0.2, 0.25) is 5.15 Å². The number of nitrogens with one attached hydrogen (secondary N) is 1. The van der Waals surface area contributed by atoms with Gasteiger partial charge in [0.25, 0.3) is 0 Å². The minimum absolute atomic E-state index is 0.0330. The van der Waals surface area contributed by atoms with Gasteiger partial charge in [0.2, 0.25) is 10.0 Å². The normalized spacial score (nSPS) is 15.2. The largest absolute Gasteiger partial charge is 0.456 e. The fourth-order valence-electron chi connectivity index (χ4n) is 2.54. The molecule has 1 aliphatic heterocycles. The molecule has 128 valence electrons. The zero-order valence-electron chi connectivity index (χ0n) is 12.9. The van der Waals surface area contributed by atoms with E-state index >= 15 is 0 Å². The molecule has 7 nitrogen and oxygen atoms in total. The minimum Gasteiger partial charge on any atom is -0.456 e. The molecule has 3 aromatic rings. The first kappa shape index (κ1) is 15.9. The number of halogens is 1. The van der Waals surface area contributed by atoms with Crippen molar-refractivity contribution in [2.75, 3.05) is 10.5 Å². The average Bonchev–Trinajstić information content (AvgIpc) is 2.91. The Kier molecular flexibility index (Phi) is 3.85. The Morgan fingerprint density at radius 3 is 2.64 bits per heavy atom. The molecule has 9 heteroatoms. The van der Waals surface area contributed by atoms with Crippen LogP contribution in [0.4, 0.5) is 5.82 Å². The molecule has 1 N–H and O–H groups in total. The van der Waals surface area contributed by atoms with Crippen LogP contribution in [-0.2, 0) is 16.6 Å². The first-order valence-corrected chi connectivity index (χ1v) is 9.51. The lowest BCUT2D eigenvalue weighted by Gasteiger charge is -2.17. The van der Waals surface area contributed by atoms with Crippen LogP contribution in [-0.4, -0.2) is 28.9 Å². The summed E-state index contributed by atoms with van der Waals surface area (Å²) in [6.07, 6.45) is 1.56. The maximum absolute atomic E-state index is 11.8. The van der Waals surface area contributed by atoms with Gasteiger partial charge in [0, 0.05) is 0 Å². The van der Waals surface area contributed by atoms with Crippen LogP contribution in [0.5, 0.6) is 11.5 Å². The summed E-state index contributed by atoms with van der Waals surface area (Å²) in [4.78, 5) is 4.34. The highest BCUT2D eigenvalue weighted by atomic mass is 35.5. The highest BCUT2D eigenvalue weighted by molar-refractivity contribution is 7.92. The third kappa shape index (κ3) is 3.18. The number of nitrogens with zero attached hydrogens (tertiary/aromatic N) is 3. The number of ether oxygens (including phenoxy) is 1. The van der Waals surface area contributed by atoms with Gasteiger partial charge in [0.1, 0.15) is 17.3 Å². The summed E-state index contributed by atoms with van der Waals surface area (Å²) in [5, 5.41) is 4.37. The number of rotatable bonds is 3. The Labute approximate surface area is 149 Å². The number of pyridine rings is 1. The molecule has 0 saturated carbocycles. The van der Waals surface area contributed by atoms with Crippen LogP contribution < -0.4 is 9.46 Å². The Hall–Kier alpha value is -2.58. The van der Waals surface area contributed by atoms with Crippen LogP contribution in [0.15, 0.2) is 48.7 Å². The van der Waals surface area contributed by atoms with Crippen molar-refractivity contribution in [1.29, 1.82) is 0 Å². The Balaban J connectivity index is 1.66. The van der Waals surface area contributed by atoms with Gasteiger partial charge in [0.15, 0.2) is 5.15 Å². The van der Waals surface area contributed by atoms with E-state index in [-0.39, 0.29) is 17.5 Å². The number of aryl methyl sites for hydroxylation is 1. The molecule has 0 bridgehead atoms. The summed E-state index contributed by atoms with van der Waals surface area (Å²) in [5.74, 6) is 1.56. The predicted octanol–water partition coefficient (Wildman–Crippen LogP) is 3.15. The number of anilines is 1. The number of fused-ring (bicyclic) bond motifs is 1. The van der Waals surface area contributed by atoms with Crippen LogP contribution in [0.1, 0.15) is 0 Å². The Bertz CT molecular complexity index is 1020. The number of hydrogen-bond acceptors (Lipinski definition) is 5. The van der Waals surface area contributed by atoms with E-state index in [4.69, 9.17) is 16.3 Å². The molecule has 0 saturated heterocycles. The van der Waals surface area contributed by atoms with Gasteiger partial charge in [-0.2, -0.15) is 5.10 Å². The molecular formula is C16H13ClN4O3S. The molecule has 25 heavy (non-hydrogen) atoms. The van der Waals surface area contributed by atoms with E-state index in [1.54, 1.807) is 18.3 Å². The lowest BCUT2D eigenvalue weighted by Crippen LogP contribution is -2.28. The topological polar surface area (TPSA) is 86.1 Å². The van der Waals surface area contributed by atoms with Gasteiger partial charge in [0.05, 0.1) is 29.8 Å². The summed E-state index contributed by atoms with van der Waals surface area (Å²) < 4.78 is 33.4. The molecular weight excluding hydrogens is 364 g/mol. The predicted molar refractivity (Wildman–Crippen MR) is 94.4 cm³/mol. The zero-order valence-corrected chi connectivity index (χ0v) is 14.5. The average molecular weight is 377 g/mol. The molecule has 0 fully saturated rings. The second-order valence-electron chi connectivity index (χ2n) is 5.45. The number of sulfonamides is 1. The van der Waals surface area contributed by atoms with Crippen molar-refractivity contribution < 1.29 is 13.2 Å². The first-order chi connectivity index (χ1) is 12.0. The summed E-state index contributed by atoms with van der Waals surface area (Å²) >= 11 is 6.19. The fourth-order valence-corrected chi connectivity index (χ4v) is 3.84. The third-order valence-corrected chi connectivity index (χ3v) is 5.19. The second kappa shape index (κ2) is 6.05. The van der Waals surface area contributed by atoms with E-state index < -0.39 is 10.0 Å². The second-order valence-corrected chi connectivity index (χ2v) is 7.65. The molecule has 0 aliphatic carbocycles. The maximum atomic E-state index is 11.8. The summed E-state index contributed by atoms with van der Waals surface area (Å²) in [7, 11) is -3.38. The Morgan fingerprint density at radius 1 is 1.12 bits per heavy atom. The monoisotopic (exact) mass is 376 g/mol. The first-order valence-electron chi connectivity index (χ1n) is 7.48. The molecule has 1 aromatic carbocycles. The lowest BCUT2D eigenvalue weighted by molar-refractivity contribution is 0.480. The van der Waals surface area contributed by atoms with E-state index in [0.29, 0.717) is 28.6 Å². The van der Waals surface area contributed by atoms with Crippen molar-refractivity contribution in [2.45, 2.75) is 6.54 Å². The van der Waals surface area contributed by atoms with E-state index in [1.807, 2.05) is 30.3 Å². The fraction of sp³-hybridized carbons (Fsp3) is 0.125. The van der Waals surface area contributed by atoms with Crippen LogP contribution in [0, 0.1) is 0 Å². The molecule has 0 radical (unpaired) electrons. The van der Waals surface area contributed by atoms with Gasteiger partial charge < -0.3 is 4.74 Å². The van der Waals surface area contributed by atoms with E-state index in [9.17, 15) is 8.42 Å². The lowest BCUT2D eigenvalue weighted by atomic mass is 10.2. The summed E-state index contributed by atoms with van der Waals surface area (Å²) in [5.41, 5.74) is 0.965. The number of hydrogen-bond donors (Lipinski definition) is 1. The van der Waals surface area contributed by atoms with Crippen molar-refractivity contribution in [2.24, 2.45) is 0 Å². The maximum Gasteiger partial charge on any atom is 0.235 e. The van der Waals surface area contributed by atoms with E-state index in [1.165, 1.54) is 4.68 Å². The molecule has 2 aromatic heterocycles. The van der Waals surface area contributed by atoms with Gasteiger partial charge in [-0.15, -0.1) is 0 Å². The van der Waals surface area contributed by atoms with Gasteiger partial charge in [-0.25, -0.2) is 13.1 Å². The van der Waals surface area contributed by atoms with E-state index in [2.05, 4.69) is 14.8 Å². The molecule has 1 aliphatic rings. The molecule has 0 amide bonds. The van der Waals surface area contributed by atoms with Crippen molar-refractivity contribution in [3.8, 4) is 22.8 Å². The number of aromatic nitrogens is 3. The molecule has 4 rings (SSSR count). The summed E-state index contributed by atoms with van der Waals surface area (Å²) in [6, 6.07) is 12.8. The van der Waals surface area contributed by atoms with Crippen molar-refractivity contribution in [3.63, 3.8) is 0 Å². The number of benzene rings is 1. The highest BCUT2D eigenvalue weighted by Crippen LogP contribution is 2.36. The van der Waals surface area contributed by atoms with Crippen molar-refractivity contribution in [3.05, 3.63) is 53.8 Å². The third-order valence-electron chi connectivity index (χ3n) is 3.71. The minimum atomic E-state index is -3.38. The van der Waals surface area contributed by atoms with Crippen molar-refractivity contribution in [1.82, 2.24) is 14.8 Å². The van der Waals surface area contributed by atoms with Gasteiger partial charge in [-0.1, -0.05) is 29.8 Å². The summed E-state index contributed by atoms with van der Waals surface area (Å²) in [6.45, 7) is 0.250. The molecule has 0 spiro atoms. The standard InChI is InChI=1S/C16H13ClN4O3S/c17-15-14(16-20-25(22,23)9-8-21(16)19-15)13-7-6-12(10-18-13)24-11-4-2-1-3-5-11/h1-7,10,20H,8-9H2. The van der Waals surface area contributed by atoms with Crippen LogP contribution in [0.3, 0.4) is 0 Å². The Morgan fingerprint density at radius 2 is 1.92 bits per heavy atom. The van der Waals surface area contributed by atoms with Crippen LogP contribution in [0.25, 0.3) is 11.3 Å². The quantitative estimate of drug-likeness (QED) is 0.758. The van der Waals surface area contributed by atoms with Crippen LogP contribution >= 0.6 is 11.6 Å². The molecule has 0 unspecified atom stereocenters. The van der Waals surface area contributed by atoms with Gasteiger partial charge >= 0.3 is 0 Å². The number of para-hydroxylation sites is 1. The van der Waals surface area contributed by atoms with E-state index in [0.717, 1.165) is 0 Å². The smallest absolute Gasteiger partial charge is 0.235 e.